The van der Waals surface area contributed by atoms with Gasteiger partial charge in [0.2, 0.25) is 0 Å². The van der Waals surface area contributed by atoms with Gasteiger partial charge in [-0.15, -0.1) is 11.3 Å². The Morgan fingerprint density at radius 2 is 2.14 bits per heavy atom. The van der Waals surface area contributed by atoms with E-state index in [4.69, 9.17) is 4.74 Å². The quantitative estimate of drug-likeness (QED) is 0.463. The lowest BCUT2D eigenvalue weighted by atomic mass is 10.1. The van der Waals surface area contributed by atoms with Crippen LogP contribution < -0.4 is 20.3 Å². The molecular formula is C28H29N5O3S. The van der Waals surface area contributed by atoms with Crippen LogP contribution in [0.1, 0.15) is 35.0 Å². The number of aromatic nitrogens is 1. The Kier molecular flexibility index (Phi) is 5.97. The largest absolute Gasteiger partial charge is 0.461 e. The number of ether oxygens (including phenoxy) is 1. The fourth-order valence-corrected chi connectivity index (χ4v) is 6.31. The number of anilines is 3. The lowest BCUT2D eigenvalue weighted by Gasteiger charge is -2.31. The number of rotatable bonds is 5. The summed E-state index contributed by atoms with van der Waals surface area (Å²) in [5.74, 6) is 1.69. The van der Waals surface area contributed by atoms with E-state index in [1.807, 2.05) is 43.3 Å². The highest BCUT2D eigenvalue weighted by atomic mass is 32.1. The van der Waals surface area contributed by atoms with Gasteiger partial charge < -0.3 is 20.3 Å². The number of amides is 3. The van der Waals surface area contributed by atoms with Crippen LogP contribution in [0.4, 0.5) is 21.9 Å². The third kappa shape index (κ3) is 4.28. The number of piperidine rings is 1. The summed E-state index contributed by atoms with van der Waals surface area (Å²) in [6, 6.07) is 7.33. The number of pyridine rings is 1. The molecule has 37 heavy (non-hydrogen) atoms. The lowest BCUT2D eigenvalue weighted by molar-refractivity contribution is 0.0917. The van der Waals surface area contributed by atoms with Crippen molar-refractivity contribution in [3.63, 3.8) is 0 Å². The zero-order chi connectivity index (χ0) is 25.7. The fraction of sp³-hybridized carbons (Fsp3) is 0.321. The zero-order valence-electron chi connectivity index (χ0n) is 21.1. The van der Waals surface area contributed by atoms with Gasteiger partial charge in [-0.2, -0.15) is 0 Å². The summed E-state index contributed by atoms with van der Waals surface area (Å²) in [4.78, 5) is 36.4. The molecule has 8 nitrogen and oxygen atoms in total. The van der Waals surface area contributed by atoms with E-state index >= 15 is 0 Å². The fourth-order valence-electron chi connectivity index (χ4n) is 5.29. The van der Waals surface area contributed by atoms with Gasteiger partial charge in [0.05, 0.1) is 22.4 Å². The highest BCUT2D eigenvalue weighted by Crippen LogP contribution is 2.46. The highest BCUT2D eigenvalue weighted by molar-refractivity contribution is 7.21. The predicted molar refractivity (Wildman–Crippen MR) is 147 cm³/mol. The average molecular weight is 516 g/mol. The van der Waals surface area contributed by atoms with Crippen molar-refractivity contribution < 1.29 is 14.3 Å². The van der Waals surface area contributed by atoms with Gasteiger partial charge in [-0.3, -0.25) is 9.69 Å². The Balaban J connectivity index is 1.32. The predicted octanol–water partition coefficient (Wildman–Crippen LogP) is 5.58. The summed E-state index contributed by atoms with van der Waals surface area (Å²) < 4.78 is 6.07. The summed E-state index contributed by atoms with van der Waals surface area (Å²) in [5.41, 5.74) is 2.90. The molecule has 2 N–H and O–H groups in total. The first kappa shape index (κ1) is 23.7. The standard InChI is InChI=1S/C28H29N5O3S/c1-16-6-4-8-22(16)36-19-9-10-20(17(2)14-19)33-21-11-12-29-27-23(21)24(31-28(33)35)25(37-27)26(34)30-18-7-5-13-32(3)15-18/h4,6,8-12,14,16,18H,5,7,13,15H2,1-3H3,(H,30,34)(H,31,35). The molecule has 9 heteroatoms. The van der Waals surface area contributed by atoms with Crippen molar-refractivity contribution in [3.8, 4) is 5.75 Å². The molecule has 1 saturated heterocycles. The lowest BCUT2D eigenvalue weighted by Crippen LogP contribution is -2.46. The van der Waals surface area contributed by atoms with Gasteiger partial charge >= 0.3 is 6.03 Å². The van der Waals surface area contributed by atoms with Crippen molar-refractivity contribution in [2.24, 2.45) is 5.92 Å². The van der Waals surface area contributed by atoms with Gasteiger partial charge in [-0.05, 0) is 69.3 Å². The number of aryl methyl sites for hydroxylation is 1. The van der Waals surface area contributed by atoms with Crippen LogP contribution in [-0.2, 0) is 0 Å². The van der Waals surface area contributed by atoms with E-state index in [2.05, 4.69) is 40.6 Å². The number of hydrogen-bond acceptors (Lipinski definition) is 6. The second-order valence-corrected chi connectivity index (χ2v) is 10.9. The number of allylic oxidation sites excluding steroid dienone is 3. The van der Waals surface area contributed by atoms with Crippen LogP contribution in [0.25, 0.3) is 10.2 Å². The number of nitrogens with one attached hydrogen (secondary N) is 2. The first-order chi connectivity index (χ1) is 17.9. The van der Waals surface area contributed by atoms with Gasteiger partial charge in [-0.25, -0.2) is 9.78 Å². The molecule has 2 aromatic heterocycles. The molecule has 3 amide bonds. The van der Waals surface area contributed by atoms with Crippen molar-refractivity contribution in [1.29, 1.82) is 0 Å². The van der Waals surface area contributed by atoms with Crippen LogP contribution in [0.5, 0.6) is 5.75 Å². The third-order valence-corrected chi connectivity index (χ3v) is 8.26. The van der Waals surface area contributed by atoms with E-state index in [-0.39, 0.29) is 23.9 Å². The van der Waals surface area contributed by atoms with Crippen LogP contribution in [0.3, 0.4) is 0 Å². The zero-order valence-corrected chi connectivity index (χ0v) is 21.9. The van der Waals surface area contributed by atoms with E-state index in [1.54, 1.807) is 11.1 Å². The molecule has 1 fully saturated rings. The van der Waals surface area contributed by atoms with Gasteiger partial charge in [-0.1, -0.05) is 19.1 Å². The minimum atomic E-state index is -0.307. The van der Waals surface area contributed by atoms with Gasteiger partial charge in [0.15, 0.2) is 0 Å². The summed E-state index contributed by atoms with van der Waals surface area (Å²) in [6.45, 7) is 5.91. The molecule has 0 spiro atoms. The van der Waals surface area contributed by atoms with E-state index < -0.39 is 0 Å². The number of nitrogens with zero attached hydrogens (tertiary/aromatic N) is 3. The normalized spacial score (nSPS) is 21.2. The molecule has 3 aromatic rings. The Morgan fingerprint density at radius 3 is 2.89 bits per heavy atom. The van der Waals surface area contributed by atoms with E-state index in [0.717, 1.165) is 58.9 Å². The van der Waals surface area contributed by atoms with Crippen LogP contribution in [0, 0.1) is 12.8 Å². The summed E-state index contributed by atoms with van der Waals surface area (Å²) >= 11 is 1.31. The van der Waals surface area contributed by atoms with Crippen molar-refractivity contribution >= 4 is 50.6 Å². The SMILES string of the molecule is Cc1cc(OC2=CC=CC2C)ccc1N1C(=O)Nc2c(C(=O)NC3CCCN(C)C3)sc3nccc1c23. The number of urea groups is 1. The van der Waals surface area contributed by atoms with Crippen molar-refractivity contribution in [2.75, 3.05) is 30.4 Å². The first-order valence-electron chi connectivity index (χ1n) is 12.6. The summed E-state index contributed by atoms with van der Waals surface area (Å²) in [7, 11) is 2.07. The van der Waals surface area contributed by atoms with Crippen molar-refractivity contribution in [1.82, 2.24) is 15.2 Å². The maximum absolute atomic E-state index is 13.5. The second-order valence-electron chi connectivity index (χ2n) is 9.95. The minimum absolute atomic E-state index is 0.0917. The average Bonchev–Trinajstić information content (AvgIpc) is 3.44. The Bertz CT molecular complexity index is 1480. The van der Waals surface area contributed by atoms with Crippen molar-refractivity contribution in [3.05, 3.63) is 64.9 Å². The number of hydrogen-bond donors (Lipinski definition) is 2. The monoisotopic (exact) mass is 515 g/mol. The number of likely N-dealkylation sites (tertiary alicyclic amines) is 1. The van der Waals surface area contributed by atoms with E-state index in [1.165, 1.54) is 11.3 Å². The molecule has 4 heterocycles. The van der Waals surface area contributed by atoms with Crippen molar-refractivity contribution in [2.45, 2.75) is 32.7 Å². The molecular weight excluding hydrogens is 486 g/mol. The molecule has 2 atom stereocenters. The molecule has 2 aliphatic heterocycles. The number of likely N-dealkylation sites (N-methyl/N-ethyl adjacent to an activating group) is 1. The Morgan fingerprint density at radius 1 is 1.27 bits per heavy atom. The van der Waals surface area contributed by atoms with Gasteiger partial charge in [0.25, 0.3) is 5.91 Å². The maximum atomic E-state index is 13.5. The van der Waals surface area contributed by atoms with Crippen LogP contribution in [0.15, 0.2) is 54.4 Å². The smallest absolute Gasteiger partial charge is 0.331 e. The van der Waals surface area contributed by atoms with Gasteiger partial charge in [0, 0.05) is 24.7 Å². The molecule has 0 bridgehead atoms. The minimum Gasteiger partial charge on any atom is -0.461 e. The molecule has 0 saturated carbocycles. The molecule has 1 aliphatic carbocycles. The summed E-state index contributed by atoms with van der Waals surface area (Å²) in [6.07, 6.45) is 9.74. The molecule has 6 rings (SSSR count). The molecule has 0 radical (unpaired) electrons. The molecule has 2 unspecified atom stereocenters. The maximum Gasteiger partial charge on any atom is 0.331 e. The molecule has 190 valence electrons. The first-order valence-corrected chi connectivity index (χ1v) is 13.4. The number of carbonyl (C=O) groups excluding carboxylic acids is 2. The third-order valence-electron chi connectivity index (χ3n) is 7.17. The Labute approximate surface area is 219 Å². The Hall–Kier alpha value is -3.69. The molecule has 3 aliphatic rings. The van der Waals surface area contributed by atoms with Crippen LogP contribution >= 0.6 is 11.3 Å². The molecule has 1 aromatic carbocycles. The topological polar surface area (TPSA) is 86.8 Å². The van der Waals surface area contributed by atoms with E-state index in [0.29, 0.717) is 16.3 Å². The highest BCUT2D eigenvalue weighted by Gasteiger charge is 2.34. The van der Waals surface area contributed by atoms with E-state index in [9.17, 15) is 9.59 Å². The number of thiophene rings is 1. The summed E-state index contributed by atoms with van der Waals surface area (Å²) in [5, 5.41) is 6.94. The number of benzene rings is 1. The van der Waals surface area contributed by atoms with Gasteiger partial charge in [0.1, 0.15) is 21.2 Å². The van der Waals surface area contributed by atoms with Crippen LogP contribution in [0.2, 0.25) is 0 Å². The number of carbonyl (C=O) groups is 2. The van der Waals surface area contributed by atoms with Crippen LogP contribution in [-0.4, -0.2) is 48.0 Å². The second kappa shape index (κ2) is 9.32.